The van der Waals surface area contributed by atoms with E-state index < -0.39 is 0 Å². The van der Waals surface area contributed by atoms with Crippen LogP contribution in [0.5, 0.6) is 0 Å². The van der Waals surface area contributed by atoms with Crippen molar-refractivity contribution < 1.29 is 9.59 Å². The van der Waals surface area contributed by atoms with E-state index in [-0.39, 0.29) is 17.7 Å². The summed E-state index contributed by atoms with van der Waals surface area (Å²) in [6, 6.07) is 3.67. The number of likely N-dealkylation sites (tertiary alicyclic amines) is 1. The van der Waals surface area contributed by atoms with E-state index in [1.54, 1.807) is 17.9 Å². The molecule has 1 atom stereocenters. The van der Waals surface area contributed by atoms with Gasteiger partial charge in [0.15, 0.2) is 0 Å². The maximum Gasteiger partial charge on any atom is 0.225 e. The van der Waals surface area contributed by atoms with Crippen LogP contribution in [-0.4, -0.2) is 34.8 Å². The van der Waals surface area contributed by atoms with Gasteiger partial charge in [-0.3, -0.25) is 9.59 Å². The Bertz CT molecular complexity index is 527. The first kappa shape index (κ1) is 15.8. The number of rotatable bonds is 3. The number of amides is 2. The summed E-state index contributed by atoms with van der Waals surface area (Å²) in [6.45, 7) is 5.08. The largest absolute Gasteiger partial charge is 0.350 e. The zero-order valence-electron chi connectivity index (χ0n) is 12.4. The monoisotopic (exact) mass is 309 g/mol. The lowest BCUT2D eigenvalue weighted by Crippen LogP contribution is -2.44. The Morgan fingerprint density at radius 2 is 2.24 bits per heavy atom. The molecule has 21 heavy (non-hydrogen) atoms. The third kappa shape index (κ3) is 4.43. The second-order valence-corrected chi connectivity index (χ2v) is 5.87. The van der Waals surface area contributed by atoms with Gasteiger partial charge in [-0.05, 0) is 37.5 Å². The first-order valence-corrected chi connectivity index (χ1v) is 7.50. The van der Waals surface area contributed by atoms with Gasteiger partial charge in [-0.2, -0.15) is 0 Å². The minimum absolute atomic E-state index is 0.0274. The smallest absolute Gasteiger partial charge is 0.225 e. The topological polar surface area (TPSA) is 62.3 Å². The molecule has 2 rings (SSSR count). The molecule has 1 aliphatic heterocycles. The molecule has 2 heterocycles. The molecule has 1 N–H and O–H groups in total. The fraction of sp³-hybridized carbons (Fsp3) is 0.533. The van der Waals surface area contributed by atoms with Crippen molar-refractivity contribution in [2.24, 2.45) is 5.92 Å². The Balaban J connectivity index is 1.90. The van der Waals surface area contributed by atoms with Crippen LogP contribution in [0.3, 0.4) is 0 Å². The molecule has 5 nitrogen and oxygen atoms in total. The third-order valence-electron chi connectivity index (χ3n) is 3.67. The van der Waals surface area contributed by atoms with Gasteiger partial charge in [0.05, 0.1) is 18.2 Å². The maximum absolute atomic E-state index is 12.2. The number of hydrogen-bond acceptors (Lipinski definition) is 3. The number of halogens is 1. The zero-order chi connectivity index (χ0) is 15.4. The van der Waals surface area contributed by atoms with Gasteiger partial charge in [0.25, 0.3) is 0 Å². The molecule has 6 heteroatoms. The Morgan fingerprint density at radius 3 is 2.90 bits per heavy atom. The average molecular weight is 310 g/mol. The highest BCUT2D eigenvalue weighted by atomic mass is 35.5. The van der Waals surface area contributed by atoms with E-state index in [9.17, 15) is 9.59 Å². The van der Waals surface area contributed by atoms with E-state index in [0.29, 0.717) is 18.2 Å². The number of carbonyl (C=O) groups excluding carboxylic acids is 2. The summed E-state index contributed by atoms with van der Waals surface area (Å²) in [5, 5.41) is 3.31. The molecule has 114 valence electrons. The number of nitrogens with zero attached hydrogens (tertiary/aromatic N) is 2. The van der Waals surface area contributed by atoms with Crippen LogP contribution in [0.1, 0.15) is 31.0 Å². The molecule has 2 amide bonds. The summed E-state index contributed by atoms with van der Waals surface area (Å²) in [7, 11) is 0. The summed E-state index contributed by atoms with van der Waals surface area (Å²) in [4.78, 5) is 29.5. The Labute approximate surface area is 129 Å². The molecule has 1 unspecified atom stereocenters. The second-order valence-electron chi connectivity index (χ2n) is 5.48. The SMILES string of the molecule is CC(=O)N1CCCC(C(=O)NCc2cc(C)cc(Cl)n2)C1. The fourth-order valence-electron chi connectivity index (χ4n) is 2.58. The van der Waals surface area contributed by atoms with Crippen molar-refractivity contribution in [3.05, 3.63) is 28.5 Å². The van der Waals surface area contributed by atoms with Crippen LogP contribution in [0.4, 0.5) is 0 Å². The molecular formula is C15H20ClN3O2. The summed E-state index contributed by atoms with van der Waals surface area (Å²) in [5.74, 6) is -0.136. The number of nitrogens with one attached hydrogen (secondary N) is 1. The van der Waals surface area contributed by atoms with Gasteiger partial charge in [0.2, 0.25) is 11.8 Å². The third-order valence-corrected chi connectivity index (χ3v) is 3.87. The quantitative estimate of drug-likeness (QED) is 0.868. The Morgan fingerprint density at radius 1 is 1.48 bits per heavy atom. The summed E-state index contributed by atoms with van der Waals surface area (Å²) in [5.41, 5.74) is 1.76. The van der Waals surface area contributed by atoms with Crippen molar-refractivity contribution in [2.75, 3.05) is 13.1 Å². The fourth-order valence-corrected chi connectivity index (χ4v) is 2.86. The zero-order valence-corrected chi connectivity index (χ0v) is 13.1. The molecule has 1 aliphatic rings. The first-order valence-electron chi connectivity index (χ1n) is 7.12. The summed E-state index contributed by atoms with van der Waals surface area (Å²) in [6.07, 6.45) is 1.68. The van der Waals surface area contributed by atoms with Crippen LogP contribution in [-0.2, 0) is 16.1 Å². The molecule has 1 fully saturated rings. The molecule has 0 aromatic carbocycles. The molecule has 1 aromatic heterocycles. The summed E-state index contributed by atoms with van der Waals surface area (Å²) < 4.78 is 0. The van der Waals surface area contributed by atoms with Crippen LogP contribution in [0, 0.1) is 12.8 Å². The number of pyridine rings is 1. The van der Waals surface area contributed by atoms with Gasteiger partial charge in [0.1, 0.15) is 5.15 Å². The van der Waals surface area contributed by atoms with Gasteiger partial charge in [-0.25, -0.2) is 4.98 Å². The molecule has 0 saturated carbocycles. The van der Waals surface area contributed by atoms with E-state index >= 15 is 0 Å². The normalized spacial score (nSPS) is 18.4. The van der Waals surface area contributed by atoms with E-state index in [1.807, 2.05) is 13.0 Å². The molecule has 1 saturated heterocycles. The van der Waals surface area contributed by atoms with Gasteiger partial charge >= 0.3 is 0 Å². The number of carbonyl (C=O) groups is 2. The van der Waals surface area contributed by atoms with Crippen LogP contribution in [0.25, 0.3) is 0 Å². The number of aryl methyl sites for hydroxylation is 1. The van der Waals surface area contributed by atoms with Crippen molar-refractivity contribution >= 4 is 23.4 Å². The lowest BCUT2D eigenvalue weighted by atomic mass is 9.97. The van der Waals surface area contributed by atoms with E-state index in [0.717, 1.165) is 30.6 Å². The molecular weight excluding hydrogens is 290 g/mol. The highest BCUT2D eigenvalue weighted by Gasteiger charge is 2.26. The van der Waals surface area contributed by atoms with Gasteiger partial charge < -0.3 is 10.2 Å². The highest BCUT2D eigenvalue weighted by Crippen LogP contribution is 2.17. The number of piperidine rings is 1. The van der Waals surface area contributed by atoms with E-state index in [2.05, 4.69) is 10.3 Å². The standard InChI is InChI=1S/C15H20ClN3O2/c1-10-6-13(18-14(16)7-10)8-17-15(21)12-4-3-5-19(9-12)11(2)20/h6-7,12H,3-5,8-9H2,1-2H3,(H,17,21). The van der Waals surface area contributed by atoms with E-state index in [4.69, 9.17) is 11.6 Å². The van der Waals surface area contributed by atoms with Crippen molar-refractivity contribution in [1.29, 1.82) is 0 Å². The van der Waals surface area contributed by atoms with E-state index in [1.165, 1.54) is 0 Å². The molecule has 0 radical (unpaired) electrons. The van der Waals surface area contributed by atoms with Crippen molar-refractivity contribution in [3.8, 4) is 0 Å². The molecule has 0 aliphatic carbocycles. The highest BCUT2D eigenvalue weighted by molar-refractivity contribution is 6.29. The summed E-state index contributed by atoms with van der Waals surface area (Å²) >= 11 is 5.90. The molecule has 0 spiro atoms. The Hall–Kier alpha value is -1.62. The van der Waals surface area contributed by atoms with Crippen molar-refractivity contribution in [3.63, 3.8) is 0 Å². The maximum atomic E-state index is 12.2. The molecule has 0 bridgehead atoms. The number of hydrogen-bond donors (Lipinski definition) is 1. The average Bonchev–Trinajstić information content (AvgIpc) is 2.44. The Kier molecular flexibility index (Phi) is 5.17. The van der Waals surface area contributed by atoms with Crippen LogP contribution >= 0.6 is 11.6 Å². The van der Waals surface area contributed by atoms with Crippen LogP contribution in [0.15, 0.2) is 12.1 Å². The van der Waals surface area contributed by atoms with Crippen molar-refractivity contribution in [1.82, 2.24) is 15.2 Å². The van der Waals surface area contributed by atoms with Gasteiger partial charge in [-0.1, -0.05) is 11.6 Å². The lowest BCUT2D eigenvalue weighted by Gasteiger charge is -2.31. The predicted molar refractivity (Wildman–Crippen MR) is 80.8 cm³/mol. The number of aromatic nitrogens is 1. The minimum Gasteiger partial charge on any atom is -0.350 e. The van der Waals surface area contributed by atoms with Crippen LogP contribution < -0.4 is 5.32 Å². The minimum atomic E-state index is -0.136. The van der Waals surface area contributed by atoms with Gasteiger partial charge in [0, 0.05) is 20.0 Å². The predicted octanol–water partition coefficient (Wildman–Crippen LogP) is 1.92. The van der Waals surface area contributed by atoms with Gasteiger partial charge in [-0.15, -0.1) is 0 Å². The lowest BCUT2D eigenvalue weighted by molar-refractivity contribution is -0.134. The van der Waals surface area contributed by atoms with Crippen molar-refractivity contribution in [2.45, 2.75) is 33.2 Å². The van der Waals surface area contributed by atoms with Crippen LogP contribution in [0.2, 0.25) is 5.15 Å². The second kappa shape index (κ2) is 6.89. The molecule has 1 aromatic rings. The first-order chi connectivity index (χ1) is 9.95.